The van der Waals surface area contributed by atoms with Crippen molar-refractivity contribution in [2.24, 2.45) is 11.1 Å². The smallest absolute Gasteiger partial charge is 0.320 e. The summed E-state index contributed by atoms with van der Waals surface area (Å²) in [4.78, 5) is 22.4. The molecule has 0 saturated carbocycles. The van der Waals surface area contributed by atoms with Gasteiger partial charge in [-0.25, -0.2) is 0 Å². The molecular formula is C11H21NO4. The second-order valence-electron chi connectivity index (χ2n) is 5.53. The summed E-state index contributed by atoms with van der Waals surface area (Å²) < 4.78 is 5.20. The third kappa shape index (κ3) is 5.11. The van der Waals surface area contributed by atoms with Gasteiger partial charge in [0, 0.05) is 0 Å². The van der Waals surface area contributed by atoms with Gasteiger partial charge in [-0.2, -0.15) is 0 Å². The predicted molar refractivity (Wildman–Crippen MR) is 59.9 cm³/mol. The van der Waals surface area contributed by atoms with Crippen LogP contribution >= 0.6 is 0 Å². The molecule has 0 bridgehead atoms. The van der Waals surface area contributed by atoms with Crippen LogP contribution in [0.5, 0.6) is 0 Å². The van der Waals surface area contributed by atoms with Crippen molar-refractivity contribution in [3.8, 4) is 0 Å². The number of hydrogen-bond acceptors (Lipinski definition) is 4. The number of esters is 1. The molecule has 0 aliphatic heterocycles. The lowest BCUT2D eigenvalue weighted by Gasteiger charge is -2.29. The minimum atomic E-state index is -1.11. The molecule has 0 aliphatic rings. The van der Waals surface area contributed by atoms with Crippen molar-refractivity contribution in [2.45, 2.75) is 52.7 Å². The molecule has 94 valence electrons. The van der Waals surface area contributed by atoms with Crippen LogP contribution < -0.4 is 5.73 Å². The van der Waals surface area contributed by atoms with Crippen LogP contribution in [-0.4, -0.2) is 28.7 Å². The average Bonchev–Trinajstić information content (AvgIpc) is 1.99. The third-order valence-corrected chi connectivity index (χ3v) is 2.00. The van der Waals surface area contributed by atoms with Crippen LogP contribution in [-0.2, 0) is 14.3 Å². The Morgan fingerprint density at radius 1 is 1.25 bits per heavy atom. The second-order valence-corrected chi connectivity index (χ2v) is 5.53. The van der Waals surface area contributed by atoms with E-state index in [0.29, 0.717) is 0 Å². The van der Waals surface area contributed by atoms with E-state index in [0.717, 1.165) is 0 Å². The number of carbonyl (C=O) groups is 2. The highest BCUT2D eigenvalue weighted by Gasteiger charge is 2.35. The van der Waals surface area contributed by atoms with E-state index in [1.165, 1.54) is 0 Å². The van der Waals surface area contributed by atoms with Gasteiger partial charge in [-0.3, -0.25) is 9.59 Å². The zero-order chi connectivity index (χ0) is 13.1. The summed E-state index contributed by atoms with van der Waals surface area (Å²) in [7, 11) is 0. The number of aliphatic carboxylic acids is 1. The Bertz CT molecular complexity index is 278. The van der Waals surface area contributed by atoms with Crippen molar-refractivity contribution >= 4 is 11.9 Å². The largest absolute Gasteiger partial charge is 0.480 e. The normalized spacial score (nSPS) is 14.4. The van der Waals surface area contributed by atoms with Gasteiger partial charge in [0.1, 0.15) is 11.6 Å². The molecule has 5 heteroatoms. The molecule has 0 radical (unpaired) electrons. The fourth-order valence-corrected chi connectivity index (χ4v) is 1.14. The number of ether oxygens (including phenoxy) is 1. The molecule has 0 aliphatic carbocycles. The summed E-state index contributed by atoms with van der Waals surface area (Å²) in [5.41, 5.74) is 3.92. The second kappa shape index (κ2) is 4.82. The Labute approximate surface area is 96.0 Å². The number of nitrogens with two attached hydrogens (primary N) is 1. The highest BCUT2D eigenvalue weighted by molar-refractivity contribution is 5.79. The molecule has 16 heavy (non-hydrogen) atoms. The third-order valence-electron chi connectivity index (χ3n) is 2.00. The van der Waals surface area contributed by atoms with Gasteiger partial charge in [-0.05, 0) is 41.0 Å². The van der Waals surface area contributed by atoms with Crippen LogP contribution in [0.4, 0.5) is 0 Å². The summed E-state index contributed by atoms with van der Waals surface area (Å²) in [5.74, 6) is -1.55. The predicted octanol–water partition coefficient (Wildman–Crippen LogP) is 1.16. The molecule has 0 unspecified atom stereocenters. The summed E-state index contributed by atoms with van der Waals surface area (Å²) in [6, 6.07) is -1.05. The van der Waals surface area contributed by atoms with Crippen molar-refractivity contribution in [1.29, 1.82) is 0 Å². The number of carboxylic acids is 1. The molecule has 0 amide bonds. The summed E-state index contributed by atoms with van der Waals surface area (Å²) in [6.07, 6.45) is 0.0528. The minimum Gasteiger partial charge on any atom is -0.480 e. The fraction of sp³-hybridized carbons (Fsp3) is 0.818. The lowest BCUT2D eigenvalue weighted by molar-refractivity contribution is -0.166. The van der Waals surface area contributed by atoms with E-state index < -0.39 is 29.0 Å². The maximum atomic E-state index is 11.8. The maximum absolute atomic E-state index is 11.8. The molecule has 0 aromatic carbocycles. The lowest BCUT2D eigenvalue weighted by atomic mass is 9.86. The van der Waals surface area contributed by atoms with Crippen LogP contribution in [0.1, 0.15) is 41.0 Å². The van der Waals surface area contributed by atoms with Gasteiger partial charge >= 0.3 is 11.9 Å². The van der Waals surface area contributed by atoms with Gasteiger partial charge in [0.25, 0.3) is 0 Å². The van der Waals surface area contributed by atoms with E-state index in [9.17, 15) is 9.59 Å². The van der Waals surface area contributed by atoms with Crippen LogP contribution in [0.15, 0.2) is 0 Å². The Balaban J connectivity index is 4.54. The van der Waals surface area contributed by atoms with Crippen molar-refractivity contribution in [1.82, 2.24) is 0 Å². The minimum absolute atomic E-state index is 0.0528. The quantitative estimate of drug-likeness (QED) is 0.708. The fourth-order valence-electron chi connectivity index (χ4n) is 1.14. The summed E-state index contributed by atoms with van der Waals surface area (Å²) >= 11 is 0. The van der Waals surface area contributed by atoms with Gasteiger partial charge in [0.15, 0.2) is 0 Å². The van der Waals surface area contributed by atoms with Crippen molar-refractivity contribution in [3.63, 3.8) is 0 Å². The molecule has 5 nitrogen and oxygen atoms in total. The van der Waals surface area contributed by atoms with Gasteiger partial charge in [-0.1, -0.05) is 0 Å². The monoisotopic (exact) mass is 231 g/mol. The zero-order valence-corrected chi connectivity index (χ0v) is 10.5. The van der Waals surface area contributed by atoms with Gasteiger partial charge in [0.05, 0.1) is 5.41 Å². The Kier molecular flexibility index (Phi) is 4.49. The molecule has 0 aromatic rings. The molecule has 0 aromatic heterocycles. The SMILES string of the molecule is CC(C)(C)OC(=O)C(C)(C)C[C@@H](N)C(=O)O. The first-order valence-electron chi connectivity index (χ1n) is 5.17. The van der Waals surface area contributed by atoms with E-state index in [2.05, 4.69) is 0 Å². The number of carbonyl (C=O) groups excluding carboxylic acids is 1. The van der Waals surface area contributed by atoms with E-state index in [1.807, 2.05) is 0 Å². The van der Waals surface area contributed by atoms with Crippen molar-refractivity contribution in [2.75, 3.05) is 0 Å². The molecule has 0 saturated heterocycles. The molecular weight excluding hydrogens is 210 g/mol. The maximum Gasteiger partial charge on any atom is 0.320 e. The van der Waals surface area contributed by atoms with Crippen LogP contribution in [0.3, 0.4) is 0 Å². The van der Waals surface area contributed by atoms with Gasteiger partial charge in [0.2, 0.25) is 0 Å². The Morgan fingerprint density at radius 3 is 2.00 bits per heavy atom. The Hall–Kier alpha value is -1.10. The van der Waals surface area contributed by atoms with E-state index in [1.54, 1.807) is 34.6 Å². The summed E-state index contributed by atoms with van der Waals surface area (Å²) in [6.45, 7) is 8.54. The van der Waals surface area contributed by atoms with E-state index in [-0.39, 0.29) is 6.42 Å². The number of rotatable bonds is 4. The molecule has 1 atom stereocenters. The number of hydrogen-bond donors (Lipinski definition) is 2. The highest BCUT2D eigenvalue weighted by atomic mass is 16.6. The standard InChI is InChI=1S/C11H21NO4/c1-10(2,3)16-9(15)11(4,5)6-7(12)8(13)14/h7H,6,12H2,1-5H3,(H,13,14)/t7-/m1/s1. The molecule has 0 fully saturated rings. The first-order valence-corrected chi connectivity index (χ1v) is 5.17. The molecule has 0 heterocycles. The number of carboxylic acid groups (broad SMARTS) is 1. The average molecular weight is 231 g/mol. The highest BCUT2D eigenvalue weighted by Crippen LogP contribution is 2.26. The van der Waals surface area contributed by atoms with Crippen LogP contribution in [0.25, 0.3) is 0 Å². The molecule has 3 N–H and O–H groups in total. The topological polar surface area (TPSA) is 89.6 Å². The Morgan fingerprint density at radius 2 is 1.69 bits per heavy atom. The first kappa shape index (κ1) is 14.9. The molecule has 0 spiro atoms. The van der Waals surface area contributed by atoms with Crippen molar-refractivity contribution < 1.29 is 19.4 Å². The zero-order valence-electron chi connectivity index (χ0n) is 10.5. The van der Waals surface area contributed by atoms with Crippen LogP contribution in [0.2, 0.25) is 0 Å². The van der Waals surface area contributed by atoms with Gasteiger partial charge < -0.3 is 15.6 Å². The van der Waals surface area contributed by atoms with E-state index >= 15 is 0 Å². The van der Waals surface area contributed by atoms with Crippen LogP contribution in [0, 0.1) is 5.41 Å². The van der Waals surface area contributed by atoms with Gasteiger partial charge in [-0.15, -0.1) is 0 Å². The van der Waals surface area contributed by atoms with Crippen molar-refractivity contribution in [3.05, 3.63) is 0 Å². The van der Waals surface area contributed by atoms with E-state index in [4.69, 9.17) is 15.6 Å². The first-order chi connectivity index (χ1) is 6.96. The molecule has 0 rings (SSSR count). The lowest BCUT2D eigenvalue weighted by Crippen LogP contribution is -2.41. The summed E-state index contributed by atoms with van der Waals surface area (Å²) in [5, 5.41) is 8.68.